The number of nitrogens with zero attached hydrogens (tertiary/aromatic N) is 1. The van der Waals surface area contributed by atoms with E-state index in [0.717, 1.165) is 47.5 Å². The van der Waals surface area contributed by atoms with E-state index in [0.29, 0.717) is 6.61 Å². The largest absolute Gasteiger partial charge is 0.497 e. The van der Waals surface area contributed by atoms with Gasteiger partial charge in [0, 0.05) is 29.2 Å². The van der Waals surface area contributed by atoms with Gasteiger partial charge in [-0.2, -0.15) is 0 Å². The summed E-state index contributed by atoms with van der Waals surface area (Å²) < 4.78 is 25.4. The topological polar surface area (TPSA) is 37.5 Å². The molecule has 0 amide bonds. The summed E-state index contributed by atoms with van der Waals surface area (Å²) in [6.45, 7) is 1.45. The van der Waals surface area contributed by atoms with Crippen LogP contribution in [0.25, 0.3) is 10.9 Å². The first kappa shape index (κ1) is 23.1. The van der Waals surface area contributed by atoms with Gasteiger partial charge >= 0.3 is 0 Å². The van der Waals surface area contributed by atoms with Gasteiger partial charge in [-0.15, -0.1) is 0 Å². The molecule has 2 aliphatic heterocycles. The third kappa shape index (κ3) is 3.95. The smallest absolute Gasteiger partial charge is 0.123 e. The van der Waals surface area contributed by atoms with E-state index in [4.69, 9.17) is 9.47 Å². The van der Waals surface area contributed by atoms with Crippen molar-refractivity contribution in [3.63, 3.8) is 0 Å². The lowest BCUT2D eigenvalue weighted by atomic mass is 9.81. The van der Waals surface area contributed by atoms with Crippen molar-refractivity contribution in [2.45, 2.75) is 31.5 Å². The van der Waals surface area contributed by atoms with Gasteiger partial charge in [-0.05, 0) is 83.1 Å². The summed E-state index contributed by atoms with van der Waals surface area (Å²) in [6.07, 6.45) is 1.89. The van der Waals surface area contributed by atoms with E-state index >= 15 is 0 Å². The predicted octanol–water partition coefficient (Wildman–Crippen LogP) is 7.14. The van der Waals surface area contributed by atoms with Gasteiger partial charge in [-0.3, -0.25) is 4.90 Å². The van der Waals surface area contributed by atoms with Gasteiger partial charge in [-0.1, -0.05) is 48.5 Å². The van der Waals surface area contributed by atoms with Crippen LogP contribution in [0.1, 0.15) is 45.6 Å². The maximum atomic E-state index is 13.9. The van der Waals surface area contributed by atoms with E-state index in [1.165, 1.54) is 27.8 Å². The number of halogens is 1. The summed E-state index contributed by atoms with van der Waals surface area (Å²) in [7, 11) is 1.67. The lowest BCUT2D eigenvalue weighted by molar-refractivity contribution is 0.127. The maximum Gasteiger partial charge on any atom is 0.123 e. The van der Waals surface area contributed by atoms with Gasteiger partial charge in [0.15, 0.2) is 0 Å². The summed E-state index contributed by atoms with van der Waals surface area (Å²) in [5.74, 6) is 1.51. The Morgan fingerprint density at radius 1 is 0.921 bits per heavy atom. The molecule has 1 aromatic heterocycles. The van der Waals surface area contributed by atoms with Crippen molar-refractivity contribution in [3.8, 4) is 11.5 Å². The van der Waals surface area contributed by atoms with Crippen LogP contribution in [-0.4, -0.2) is 23.5 Å². The Morgan fingerprint density at radius 3 is 2.53 bits per heavy atom. The highest BCUT2D eigenvalue weighted by Crippen LogP contribution is 2.48. The fraction of sp³-hybridized carbons (Fsp3) is 0.212. The van der Waals surface area contributed by atoms with Crippen LogP contribution >= 0.6 is 0 Å². The Labute approximate surface area is 221 Å². The highest BCUT2D eigenvalue weighted by molar-refractivity contribution is 5.85. The van der Waals surface area contributed by atoms with Crippen molar-refractivity contribution in [3.05, 3.63) is 130 Å². The summed E-state index contributed by atoms with van der Waals surface area (Å²) >= 11 is 0. The molecule has 38 heavy (non-hydrogen) atoms. The molecule has 4 aromatic carbocycles. The summed E-state index contributed by atoms with van der Waals surface area (Å²) in [5.41, 5.74) is 8.65. The number of hydrogen-bond donors (Lipinski definition) is 1. The zero-order valence-electron chi connectivity index (χ0n) is 21.3. The van der Waals surface area contributed by atoms with Crippen molar-refractivity contribution in [2.24, 2.45) is 0 Å². The summed E-state index contributed by atoms with van der Waals surface area (Å²) in [6, 6.07) is 30.3. The van der Waals surface area contributed by atoms with Crippen LogP contribution in [0, 0.1) is 5.82 Å². The second-order valence-electron chi connectivity index (χ2n) is 10.2. The van der Waals surface area contributed by atoms with Crippen LogP contribution in [0.5, 0.6) is 11.5 Å². The number of hydrogen-bond acceptors (Lipinski definition) is 3. The minimum absolute atomic E-state index is 0.0359. The Balaban J connectivity index is 1.26. The number of fused-ring (bicyclic) bond motifs is 6. The SMILES string of the molecule is COc1ccc(COc2ccc3c(c2)C2Cc4c([nH]c5ccccc45)C(c4ccc(F)cc4)N2CC3)cc1. The van der Waals surface area contributed by atoms with E-state index in [-0.39, 0.29) is 17.9 Å². The molecule has 5 heteroatoms. The Bertz CT molecular complexity index is 1610. The highest BCUT2D eigenvalue weighted by Gasteiger charge is 2.40. The van der Waals surface area contributed by atoms with E-state index in [1.807, 2.05) is 36.4 Å². The first-order valence-electron chi connectivity index (χ1n) is 13.2. The first-order chi connectivity index (χ1) is 18.7. The van der Waals surface area contributed by atoms with Gasteiger partial charge in [-0.25, -0.2) is 4.39 Å². The molecule has 3 heterocycles. The molecule has 190 valence electrons. The molecular formula is C33H29FN2O2. The molecule has 4 nitrogen and oxygen atoms in total. The number of aromatic nitrogens is 1. The lowest BCUT2D eigenvalue weighted by Gasteiger charge is -2.46. The van der Waals surface area contributed by atoms with Gasteiger partial charge in [0.05, 0.1) is 13.2 Å². The quantitative estimate of drug-likeness (QED) is 0.276. The molecular weight excluding hydrogens is 475 g/mol. The Morgan fingerprint density at radius 2 is 1.71 bits per heavy atom. The molecule has 2 atom stereocenters. The minimum Gasteiger partial charge on any atom is -0.497 e. The molecule has 0 radical (unpaired) electrons. The van der Waals surface area contributed by atoms with Crippen molar-refractivity contribution in [1.82, 2.24) is 9.88 Å². The van der Waals surface area contributed by atoms with Crippen LogP contribution in [0.4, 0.5) is 4.39 Å². The van der Waals surface area contributed by atoms with Gasteiger partial charge in [0.25, 0.3) is 0 Å². The first-order valence-corrected chi connectivity index (χ1v) is 13.2. The minimum atomic E-state index is -0.208. The third-order valence-electron chi connectivity index (χ3n) is 8.12. The molecule has 0 saturated heterocycles. The molecule has 0 aliphatic carbocycles. The van der Waals surface area contributed by atoms with Crippen LogP contribution in [0.15, 0.2) is 91.0 Å². The van der Waals surface area contributed by atoms with Gasteiger partial charge in [0.1, 0.15) is 23.9 Å². The summed E-state index contributed by atoms with van der Waals surface area (Å²) in [5, 5.41) is 1.27. The average molecular weight is 505 g/mol. The van der Waals surface area contributed by atoms with Crippen molar-refractivity contribution >= 4 is 10.9 Å². The zero-order valence-corrected chi connectivity index (χ0v) is 21.3. The highest BCUT2D eigenvalue weighted by atomic mass is 19.1. The monoisotopic (exact) mass is 504 g/mol. The maximum absolute atomic E-state index is 13.9. The van der Waals surface area contributed by atoms with Crippen molar-refractivity contribution in [2.75, 3.05) is 13.7 Å². The molecule has 0 bridgehead atoms. The van der Waals surface area contributed by atoms with Gasteiger partial charge in [0.2, 0.25) is 0 Å². The fourth-order valence-electron chi connectivity index (χ4n) is 6.25. The Kier molecular flexibility index (Phi) is 5.67. The molecule has 2 aliphatic rings. The third-order valence-corrected chi connectivity index (χ3v) is 8.12. The number of methoxy groups -OCH3 is 1. The number of ether oxygens (including phenoxy) is 2. The fourth-order valence-corrected chi connectivity index (χ4v) is 6.25. The normalized spacial score (nSPS) is 18.5. The van der Waals surface area contributed by atoms with Gasteiger partial charge < -0.3 is 14.5 Å². The van der Waals surface area contributed by atoms with E-state index in [9.17, 15) is 4.39 Å². The Hall–Kier alpha value is -4.09. The standard InChI is InChI=1S/C33H29FN2O2/c1-37-25-13-6-21(7-14-25)20-38-26-15-10-22-16-17-36-31(28(22)18-26)19-29-27-4-2-3-5-30(27)35-32(29)33(36)23-8-11-24(34)12-9-23/h2-15,18,31,33,35H,16-17,19-20H2,1H3. The average Bonchev–Trinajstić information content (AvgIpc) is 3.34. The molecule has 7 rings (SSSR count). The second-order valence-corrected chi connectivity index (χ2v) is 10.2. The van der Waals surface area contributed by atoms with Crippen molar-refractivity contribution < 1.29 is 13.9 Å². The molecule has 0 fully saturated rings. The van der Waals surface area contributed by atoms with Crippen LogP contribution < -0.4 is 9.47 Å². The number of para-hydroxylation sites is 1. The van der Waals surface area contributed by atoms with E-state index < -0.39 is 0 Å². The number of H-pyrrole nitrogens is 1. The predicted molar refractivity (Wildman–Crippen MR) is 147 cm³/mol. The number of nitrogens with one attached hydrogen (secondary N) is 1. The number of benzene rings is 4. The molecule has 1 N–H and O–H groups in total. The van der Waals surface area contributed by atoms with Crippen LogP contribution in [-0.2, 0) is 19.4 Å². The summed E-state index contributed by atoms with van der Waals surface area (Å²) in [4.78, 5) is 6.31. The molecule has 5 aromatic rings. The molecule has 0 saturated carbocycles. The number of aromatic amines is 1. The second kappa shape index (κ2) is 9.34. The zero-order chi connectivity index (χ0) is 25.6. The lowest BCUT2D eigenvalue weighted by Crippen LogP contribution is -2.43. The van der Waals surface area contributed by atoms with E-state index in [1.54, 1.807) is 19.2 Å². The molecule has 0 spiro atoms. The van der Waals surface area contributed by atoms with Crippen molar-refractivity contribution in [1.29, 1.82) is 0 Å². The number of rotatable bonds is 5. The van der Waals surface area contributed by atoms with E-state index in [2.05, 4.69) is 52.3 Å². The molecule has 2 unspecified atom stereocenters. The van der Waals surface area contributed by atoms with Crippen LogP contribution in [0.2, 0.25) is 0 Å². The van der Waals surface area contributed by atoms with Crippen LogP contribution in [0.3, 0.4) is 0 Å².